The van der Waals surface area contributed by atoms with Crippen LogP contribution in [0.5, 0.6) is 0 Å². The number of pyridine rings is 1. The lowest BCUT2D eigenvalue weighted by Crippen LogP contribution is -2.13. The highest BCUT2D eigenvalue weighted by molar-refractivity contribution is 7.15. The van der Waals surface area contributed by atoms with Gasteiger partial charge in [0.15, 0.2) is 10.8 Å². The second-order valence-corrected chi connectivity index (χ2v) is 8.61. The van der Waals surface area contributed by atoms with Crippen molar-refractivity contribution in [2.75, 3.05) is 5.32 Å². The zero-order valence-corrected chi connectivity index (χ0v) is 16.4. The summed E-state index contributed by atoms with van der Waals surface area (Å²) in [5, 5.41) is 3.72. The molecule has 0 aromatic carbocycles. The molecule has 0 saturated carbocycles. The fourth-order valence-corrected chi connectivity index (χ4v) is 5.20. The molecule has 1 amide bonds. The molecule has 6 nitrogen and oxygen atoms in total. The minimum atomic E-state index is -0.134. The van der Waals surface area contributed by atoms with Crippen LogP contribution in [0, 0.1) is 6.92 Å². The van der Waals surface area contributed by atoms with Crippen molar-refractivity contribution in [3.05, 3.63) is 33.7 Å². The number of thiazole rings is 1. The number of imidazole rings is 1. The Labute approximate surface area is 162 Å². The monoisotopic (exact) mass is 381 g/mol. The Bertz CT molecular complexity index is 1010. The first kappa shape index (κ1) is 16.9. The molecule has 1 aliphatic carbocycles. The van der Waals surface area contributed by atoms with Crippen molar-refractivity contribution < 1.29 is 4.79 Å². The number of hydrogen-bond donors (Lipinski definition) is 1. The van der Waals surface area contributed by atoms with Gasteiger partial charge in [-0.25, -0.2) is 15.0 Å². The maximum absolute atomic E-state index is 13.1. The number of amides is 1. The average Bonchev–Trinajstić information content (AvgIpc) is 3.13. The number of anilines is 1. The van der Waals surface area contributed by atoms with Crippen LogP contribution in [-0.4, -0.2) is 25.4 Å². The molecule has 0 radical (unpaired) electrons. The molecule has 0 spiro atoms. The van der Waals surface area contributed by atoms with E-state index >= 15 is 0 Å². The third kappa shape index (κ3) is 3.04. The lowest BCUT2D eigenvalue weighted by molar-refractivity contribution is 0.102. The molecule has 0 unspecified atom stereocenters. The summed E-state index contributed by atoms with van der Waals surface area (Å²) in [6, 6.07) is 1.85. The number of fused-ring (bicyclic) bond motifs is 4. The van der Waals surface area contributed by atoms with Gasteiger partial charge in [-0.05, 0) is 51.5 Å². The highest BCUT2D eigenvalue weighted by atomic mass is 32.1. The first-order chi connectivity index (χ1) is 13.2. The minimum Gasteiger partial charge on any atom is -0.313 e. The van der Waals surface area contributed by atoms with E-state index in [0.717, 1.165) is 67.0 Å². The quantitative estimate of drug-likeness (QED) is 0.727. The number of hydrogen-bond acceptors (Lipinski definition) is 5. The molecule has 0 atom stereocenters. The summed E-state index contributed by atoms with van der Waals surface area (Å²) in [6.07, 6.45) is 8.97. The number of rotatable bonds is 2. The number of aryl methyl sites for hydroxylation is 5. The van der Waals surface area contributed by atoms with Gasteiger partial charge in [0.05, 0.1) is 11.3 Å². The van der Waals surface area contributed by atoms with Crippen LogP contribution in [0.15, 0.2) is 6.07 Å². The fourth-order valence-electron chi connectivity index (χ4n) is 4.16. The number of aromatic nitrogens is 4. The molecule has 3 aromatic rings. The van der Waals surface area contributed by atoms with Crippen LogP contribution in [0.4, 0.5) is 5.13 Å². The summed E-state index contributed by atoms with van der Waals surface area (Å²) in [6.45, 7) is 2.87. The van der Waals surface area contributed by atoms with Gasteiger partial charge in [0.2, 0.25) is 0 Å². The first-order valence-corrected chi connectivity index (χ1v) is 10.7. The zero-order chi connectivity index (χ0) is 18.4. The van der Waals surface area contributed by atoms with Crippen LogP contribution in [0.25, 0.3) is 11.2 Å². The van der Waals surface area contributed by atoms with E-state index in [1.165, 1.54) is 24.1 Å². The van der Waals surface area contributed by atoms with Crippen LogP contribution in [0.2, 0.25) is 0 Å². The Morgan fingerprint density at radius 3 is 2.81 bits per heavy atom. The molecule has 27 heavy (non-hydrogen) atoms. The van der Waals surface area contributed by atoms with E-state index in [9.17, 15) is 4.79 Å². The fraction of sp³-hybridized carbons (Fsp3) is 0.500. The van der Waals surface area contributed by atoms with E-state index < -0.39 is 0 Å². The molecular formula is C20H23N5OS. The van der Waals surface area contributed by atoms with Crippen LogP contribution in [0.3, 0.4) is 0 Å². The second kappa shape index (κ2) is 6.71. The minimum absolute atomic E-state index is 0.134. The van der Waals surface area contributed by atoms with Gasteiger partial charge in [-0.15, -0.1) is 11.3 Å². The van der Waals surface area contributed by atoms with Crippen molar-refractivity contribution >= 4 is 33.5 Å². The van der Waals surface area contributed by atoms with Crippen molar-refractivity contribution in [3.63, 3.8) is 0 Å². The molecule has 3 aromatic heterocycles. The standard InChI is InChI=1S/C20H23N5OS/c1-12-11-13(17-18(21-12)25-10-6-2-3-9-16(25)23-17)19(26)24-20-22-14-7-4-5-8-15(14)27-20/h11H,2-10H2,1H3,(H,22,24,26). The Morgan fingerprint density at radius 1 is 1.07 bits per heavy atom. The maximum atomic E-state index is 13.1. The van der Waals surface area contributed by atoms with E-state index in [4.69, 9.17) is 9.97 Å². The summed E-state index contributed by atoms with van der Waals surface area (Å²) in [7, 11) is 0. The van der Waals surface area contributed by atoms with Crippen molar-refractivity contribution in [2.24, 2.45) is 0 Å². The number of nitrogens with zero attached hydrogens (tertiary/aromatic N) is 4. The van der Waals surface area contributed by atoms with Gasteiger partial charge in [0.1, 0.15) is 11.3 Å². The van der Waals surface area contributed by atoms with Gasteiger partial charge in [-0.3, -0.25) is 10.1 Å². The third-order valence-electron chi connectivity index (χ3n) is 5.50. The maximum Gasteiger partial charge on any atom is 0.259 e. The highest BCUT2D eigenvalue weighted by Gasteiger charge is 2.22. The molecule has 1 aliphatic heterocycles. The summed E-state index contributed by atoms with van der Waals surface area (Å²) in [4.78, 5) is 28.5. The van der Waals surface area contributed by atoms with E-state index in [1.807, 2.05) is 13.0 Å². The molecule has 0 fully saturated rings. The predicted octanol–water partition coefficient (Wildman–Crippen LogP) is 4.05. The molecule has 1 N–H and O–H groups in total. The number of nitrogens with one attached hydrogen (secondary N) is 1. The van der Waals surface area contributed by atoms with Gasteiger partial charge in [-0.1, -0.05) is 6.42 Å². The zero-order valence-electron chi connectivity index (χ0n) is 15.5. The Hall–Kier alpha value is -2.28. The topological polar surface area (TPSA) is 72.7 Å². The van der Waals surface area contributed by atoms with Gasteiger partial charge in [0, 0.05) is 23.5 Å². The summed E-state index contributed by atoms with van der Waals surface area (Å²) >= 11 is 1.61. The average molecular weight is 382 g/mol. The molecular weight excluding hydrogens is 358 g/mol. The predicted molar refractivity (Wildman–Crippen MR) is 107 cm³/mol. The Morgan fingerprint density at radius 2 is 1.93 bits per heavy atom. The van der Waals surface area contributed by atoms with E-state index in [-0.39, 0.29) is 5.91 Å². The molecule has 0 bridgehead atoms. The van der Waals surface area contributed by atoms with Crippen molar-refractivity contribution in [1.29, 1.82) is 0 Å². The summed E-state index contributed by atoms with van der Waals surface area (Å²) in [5.41, 5.74) is 4.17. The highest BCUT2D eigenvalue weighted by Crippen LogP contribution is 2.30. The van der Waals surface area contributed by atoms with Gasteiger partial charge in [-0.2, -0.15) is 0 Å². The Kier molecular flexibility index (Phi) is 4.19. The Balaban J connectivity index is 1.52. The first-order valence-electron chi connectivity index (χ1n) is 9.86. The second-order valence-electron chi connectivity index (χ2n) is 7.52. The summed E-state index contributed by atoms with van der Waals surface area (Å²) < 4.78 is 2.20. The molecule has 140 valence electrons. The lowest BCUT2D eigenvalue weighted by atomic mass is 10.0. The van der Waals surface area contributed by atoms with Crippen LogP contribution < -0.4 is 5.32 Å². The largest absolute Gasteiger partial charge is 0.313 e. The van der Waals surface area contributed by atoms with E-state index in [2.05, 4.69) is 14.9 Å². The molecule has 4 heterocycles. The number of carbonyl (C=O) groups excluding carboxylic acids is 1. The van der Waals surface area contributed by atoms with Crippen molar-refractivity contribution in [3.8, 4) is 0 Å². The summed E-state index contributed by atoms with van der Waals surface area (Å²) in [5.74, 6) is 0.921. The number of carbonyl (C=O) groups is 1. The molecule has 0 saturated heterocycles. The van der Waals surface area contributed by atoms with Crippen molar-refractivity contribution in [1.82, 2.24) is 19.5 Å². The van der Waals surface area contributed by atoms with Crippen LogP contribution in [-0.2, 0) is 25.8 Å². The van der Waals surface area contributed by atoms with Crippen LogP contribution in [0.1, 0.15) is 64.6 Å². The van der Waals surface area contributed by atoms with Gasteiger partial charge >= 0.3 is 0 Å². The molecule has 2 aliphatic rings. The van der Waals surface area contributed by atoms with Gasteiger partial charge < -0.3 is 4.57 Å². The van der Waals surface area contributed by atoms with E-state index in [0.29, 0.717) is 10.7 Å². The van der Waals surface area contributed by atoms with E-state index in [1.54, 1.807) is 11.3 Å². The molecule has 7 heteroatoms. The molecule has 5 rings (SSSR count). The smallest absolute Gasteiger partial charge is 0.259 e. The lowest BCUT2D eigenvalue weighted by Gasteiger charge is -2.06. The van der Waals surface area contributed by atoms with Crippen molar-refractivity contribution in [2.45, 2.75) is 64.8 Å². The SMILES string of the molecule is Cc1cc(C(=O)Nc2nc3c(s2)CCCC3)c2nc3n(c2n1)CCCCC3. The third-order valence-corrected chi connectivity index (χ3v) is 6.58. The van der Waals surface area contributed by atoms with Crippen LogP contribution >= 0.6 is 11.3 Å². The normalized spacial score (nSPS) is 16.6. The van der Waals surface area contributed by atoms with Gasteiger partial charge in [0.25, 0.3) is 5.91 Å².